The van der Waals surface area contributed by atoms with Gasteiger partial charge in [-0.3, -0.25) is 4.99 Å². The lowest BCUT2D eigenvalue weighted by molar-refractivity contribution is 0.150. The summed E-state index contributed by atoms with van der Waals surface area (Å²) in [6.07, 6.45) is 2.31. The van der Waals surface area contributed by atoms with Crippen LogP contribution in [0.5, 0.6) is 5.75 Å². The number of methoxy groups -OCH3 is 1. The molecule has 7 heteroatoms. The van der Waals surface area contributed by atoms with Crippen molar-refractivity contribution in [1.29, 1.82) is 0 Å². The van der Waals surface area contributed by atoms with Crippen molar-refractivity contribution in [3.63, 3.8) is 0 Å². The molecule has 2 N–H and O–H groups in total. The molecule has 0 aliphatic carbocycles. The lowest BCUT2D eigenvalue weighted by Crippen LogP contribution is -2.37. The van der Waals surface area contributed by atoms with Crippen LogP contribution in [-0.4, -0.2) is 64.9 Å². The number of halogens is 1. The summed E-state index contributed by atoms with van der Waals surface area (Å²) in [5.41, 5.74) is 1.17. The van der Waals surface area contributed by atoms with E-state index in [2.05, 4.69) is 46.6 Å². The molecule has 0 radical (unpaired) electrons. The second-order valence-corrected chi connectivity index (χ2v) is 6.00. The van der Waals surface area contributed by atoms with Crippen LogP contribution in [0.4, 0.5) is 0 Å². The summed E-state index contributed by atoms with van der Waals surface area (Å²) in [5, 5.41) is 6.64. The first-order valence-electron chi connectivity index (χ1n) is 9.03. The molecule has 1 aromatic rings. The first kappa shape index (κ1) is 24.9. The van der Waals surface area contributed by atoms with Gasteiger partial charge < -0.3 is 25.0 Å². The highest BCUT2D eigenvalue weighted by Gasteiger charge is 2.02. The third-order valence-corrected chi connectivity index (χ3v) is 3.82. The summed E-state index contributed by atoms with van der Waals surface area (Å²) in [7, 11) is 5.58. The number of benzene rings is 1. The van der Waals surface area contributed by atoms with E-state index in [1.165, 1.54) is 12.0 Å². The van der Waals surface area contributed by atoms with Gasteiger partial charge in [0.15, 0.2) is 5.96 Å². The largest absolute Gasteiger partial charge is 0.492 e. The maximum Gasteiger partial charge on any atom is 0.191 e. The fourth-order valence-corrected chi connectivity index (χ4v) is 2.21. The van der Waals surface area contributed by atoms with Crippen LogP contribution in [0.25, 0.3) is 0 Å². The van der Waals surface area contributed by atoms with Crippen molar-refractivity contribution in [3.8, 4) is 5.75 Å². The molecule has 0 amide bonds. The third kappa shape index (κ3) is 11.5. The van der Waals surface area contributed by atoms with Crippen LogP contribution in [0.15, 0.2) is 29.3 Å². The maximum absolute atomic E-state index is 5.85. The molecule has 150 valence electrons. The van der Waals surface area contributed by atoms with E-state index >= 15 is 0 Å². The van der Waals surface area contributed by atoms with Gasteiger partial charge in [-0.2, -0.15) is 0 Å². The minimum atomic E-state index is 0. The van der Waals surface area contributed by atoms with Gasteiger partial charge in [-0.05, 0) is 31.2 Å². The minimum Gasteiger partial charge on any atom is -0.492 e. The van der Waals surface area contributed by atoms with Crippen molar-refractivity contribution < 1.29 is 9.47 Å². The van der Waals surface area contributed by atoms with E-state index in [4.69, 9.17) is 9.47 Å². The van der Waals surface area contributed by atoms with Crippen molar-refractivity contribution >= 4 is 29.9 Å². The molecule has 0 bridgehead atoms. The summed E-state index contributed by atoms with van der Waals surface area (Å²) in [4.78, 5) is 6.43. The number of hydrogen-bond donors (Lipinski definition) is 2. The molecule has 1 rings (SSSR count). The van der Waals surface area contributed by atoms with Gasteiger partial charge in [0.25, 0.3) is 0 Å². The highest BCUT2D eigenvalue weighted by Crippen LogP contribution is 2.13. The van der Waals surface area contributed by atoms with Crippen LogP contribution in [0.1, 0.15) is 25.3 Å². The van der Waals surface area contributed by atoms with Gasteiger partial charge in [0.05, 0.1) is 6.61 Å². The fraction of sp³-hybridized carbons (Fsp3) is 0.632. The Balaban J connectivity index is 0.00000625. The monoisotopic (exact) mass is 478 g/mol. The van der Waals surface area contributed by atoms with Crippen molar-refractivity contribution in [2.24, 2.45) is 4.99 Å². The number of rotatable bonds is 12. The van der Waals surface area contributed by atoms with Gasteiger partial charge in [-0.1, -0.05) is 25.5 Å². The Morgan fingerprint density at radius 2 is 1.96 bits per heavy atom. The number of likely N-dealkylation sites (N-methyl/N-ethyl adjacent to an activating group) is 1. The van der Waals surface area contributed by atoms with E-state index in [0.29, 0.717) is 6.61 Å². The zero-order chi connectivity index (χ0) is 18.3. The fourth-order valence-electron chi connectivity index (χ4n) is 2.21. The molecular weight excluding hydrogens is 443 g/mol. The van der Waals surface area contributed by atoms with E-state index in [9.17, 15) is 0 Å². The molecular formula is C19H35IN4O2. The highest BCUT2D eigenvalue weighted by molar-refractivity contribution is 14.0. The topological polar surface area (TPSA) is 58.1 Å². The number of nitrogens with one attached hydrogen (secondary N) is 2. The number of aliphatic imine (C=N–C) groups is 1. The molecule has 0 spiro atoms. The summed E-state index contributed by atoms with van der Waals surface area (Å²) >= 11 is 0. The Kier molecular flexibility index (Phi) is 15.5. The van der Waals surface area contributed by atoms with Gasteiger partial charge in [0.1, 0.15) is 12.4 Å². The third-order valence-electron chi connectivity index (χ3n) is 3.82. The van der Waals surface area contributed by atoms with Gasteiger partial charge in [-0.25, -0.2) is 0 Å². The zero-order valence-corrected chi connectivity index (χ0v) is 18.9. The maximum atomic E-state index is 5.85. The van der Waals surface area contributed by atoms with Crippen molar-refractivity contribution in [3.05, 3.63) is 29.8 Å². The lowest BCUT2D eigenvalue weighted by Gasteiger charge is -2.16. The predicted molar refractivity (Wildman–Crippen MR) is 120 cm³/mol. The van der Waals surface area contributed by atoms with Crippen LogP contribution in [0.2, 0.25) is 0 Å². The summed E-state index contributed by atoms with van der Waals surface area (Å²) in [6, 6.07) is 8.17. The summed E-state index contributed by atoms with van der Waals surface area (Å²) in [6.45, 7) is 7.03. The lowest BCUT2D eigenvalue weighted by atomic mass is 10.2. The molecule has 6 nitrogen and oxygen atoms in total. The SMILES string of the molecule is CCCCNC(=NC)NCc1cccc(OCCN(C)CCOC)c1.I. The number of unbranched alkanes of at least 4 members (excludes halogenated alkanes) is 1. The van der Waals surface area contributed by atoms with E-state index in [1.807, 2.05) is 12.1 Å². The highest BCUT2D eigenvalue weighted by atomic mass is 127. The van der Waals surface area contributed by atoms with Gasteiger partial charge in [0, 0.05) is 40.3 Å². The van der Waals surface area contributed by atoms with Crippen LogP contribution in [0.3, 0.4) is 0 Å². The number of ether oxygens (including phenoxy) is 2. The molecule has 0 fully saturated rings. The first-order valence-corrected chi connectivity index (χ1v) is 9.03. The minimum absolute atomic E-state index is 0. The average Bonchev–Trinajstić information content (AvgIpc) is 2.63. The predicted octanol–water partition coefficient (Wildman–Crippen LogP) is 2.73. The van der Waals surface area contributed by atoms with E-state index in [1.54, 1.807) is 14.2 Å². The second-order valence-electron chi connectivity index (χ2n) is 6.00. The second kappa shape index (κ2) is 16.1. The molecule has 1 aromatic carbocycles. The Bertz CT molecular complexity index is 500. The molecule has 0 heterocycles. The normalized spacial score (nSPS) is 11.2. The number of guanidine groups is 1. The quantitative estimate of drug-likeness (QED) is 0.210. The average molecular weight is 478 g/mol. The Hall–Kier alpha value is -1.06. The molecule has 26 heavy (non-hydrogen) atoms. The van der Waals surface area contributed by atoms with Crippen LogP contribution in [0, 0.1) is 0 Å². The van der Waals surface area contributed by atoms with Crippen molar-refractivity contribution in [1.82, 2.24) is 15.5 Å². The van der Waals surface area contributed by atoms with Crippen molar-refractivity contribution in [2.75, 3.05) is 54.1 Å². The Morgan fingerprint density at radius 1 is 1.19 bits per heavy atom. The Morgan fingerprint density at radius 3 is 2.65 bits per heavy atom. The zero-order valence-electron chi connectivity index (χ0n) is 16.6. The number of hydrogen-bond acceptors (Lipinski definition) is 4. The van der Waals surface area contributed by atoms with Gasteiger partial charge >= 0.3 is 0 Å². The van der Waals surface area contributed by atoms with E-state index in [-0.39, 0.29) is 24.0 Å². The van der Waals surface area contributed by atoms with Gasteiger partial charge in [-0.15, -0.1) is 24.0 Å². The molecule has 0 unspecified atom stereocenters. The molecule has 0 saturated heterocycles. The van der Waals surface area contributed by atoms with Crippen molar-refractivity contribution in [2.45, 2.75) is 26.3 Å². The molecule has 0 aromatic heterocycles. The molecule has 0 saturated carbocycles. The standard InChI is InChI=1S/C19H34N4O2.HI/c1-5-6-10-21-19(20-2)22-16-17-8-7-9-18(15-17)25-14-12-23(3)11-13-24-4;/h7-9,15H,5-6,10-14,16H2,1-4H3,(H2,20,21,22);1H. The van der Waals surface area contributed by atoms with E-state index in [0.717, 1.165) is 50.9 Å². The summed E-state index contributed by atoms with van der Waals surface area (Å²) < 4.78 is 10.9. The Labute approximate surface area is 175 Å². The van der Waals surface area contributed by atoms with Crippen LogP contribution < -0.4 is 15.4 Å². The molecule has 0 aliphatic heterocycles. The van der Waals surface area contributed by atoms with Crippen LogP contribution in [-0.2, 0) is 11.3 Å². The van der Waals surface area contributed by atoms with E-state index < -0.39 is 0 Å². The smallest absolute Gasteiger partial charge is 0.191 e. The summed E-state index contributed by atoms with van der Waals surface area (Å²) in [5.74, 6) is 1.73. The molecule has 0 atom stereocenters. The van der Waals surface area contributed by atoms with Crippen LogP contribution >= 0.6 is 24.0 Å². The van der Waals surface area contributed by atoms with Gasteiger partial charge in [0.2, 0.25) is 0 Å². The molecule has 0 aliphatic rings. The first-order chi connectivity index (χ1) is 12.2. The number of nitrogens with zero attached hydrogens (tertiary/aromatic N) is 2.